The molecule has 0 nitrogen and oxygen atoms in total. The van der Waals surface area contributed by atoms with Crippen LogP contribution in [0, 0.1) is 11.8 Å². The van der Waals surface area contributed by atoms with Crippen LogP contribution in [0.2, 0.25) is 6.88 Å². The third-order valence-corrected chi connectivity index (χ3v) is 24.9. The topological polar surface area (TPSA) is 0 Å². The maximum atomic E-state index is 1.94. The summed E-state index contributed by atoms with van der Waals surface area (Å²) in [7, 11) is 0. The minimum absolute atomic E-state index is 0.818. The Morgan fingerprint density at radius 1 is 0.714 bits per heavy atom. The third-order valence-electron chi connectivity index (χ3n) is 4.34. The van der Waals surface area contributed by atoms with Gasteiger partial charge in [0.1, 0.15) is 0 Å². The fourth-order valence-electron chi connectivity index (χ4n) is 3.93. The second kappa shape index (κ2) is 3.79. The van der Waals surface area contributed by atoms with Gasteiger partial charge in [-0.05, 0) is 0 Å². The minimum atomic E-state index is 0.818. The zero-order valence-electron chi connectivity index (χ0n) is 7.82. The van der Waals surface area contributed by atoms with Crippen molar-refractivity contribution in [1.29, 1.82) is 0 Å². The van der Waals surface area contributed by atoms with Crippen molar-refractivity contribution in [1.82, 2.24) is 0 Å². The van der Waals surface area contributed by atoms with Crippen molar-refractivity contribution >= 4 is 100 Å². The SMILES string of the molecule is [Po][C]12CC3CC(C1)C[C]([Po])(C3)[C]2([Po])[Po]. The van der Waals surface area contributed by atoms with Gasteiger partial charge in [0, 0.05) is 0 Å². The Labute approximate surface area is 148 Å². The predicted molar refractivity (Wildman–Crippen MR) is 61.2 cm³/mol. The van der Waals surface area contributed by atoms with Crippen LogP contribution < -0.4 is 0 Å². The van der Waals surface area contributed by atoms with Crippen LogP contribution in [0.4, 0.5) is 0 Å². The van der Waals surface area contributed by atoms with Crippen LogP contribution >= 0.6 is 0 Å². The van der Waals surface area contributed by atoms with Crippen LogP contribution in [0.5, 0.6) is 0 Å². The zero-order chi connectivity index (χ0) is 10.2. The van der Waals surface area contributed by atoms with E-state index in [9.17, 15) is 0 Å². The molecule has 0 aromatic carbocycles. The van der Waals surface area contributed by atoms with Crippen LogP contribution in [0.15, 0.2) is 0 Å². The average Bonchev–Trinajstić information content (AvgIpc) is 1.98. The Balaban J connectivity index is 2.10. The van der Waals surface area contributed by atoms with E-state index in [0.717, 1.165) is 18.7 Å². The van der Waals surface area contributed by atoms with E-state index in [1.54, 1.807) is 32.1 Å². The summed E-state index contributed by atoms with van der Waals surface area (Å²) in [6, 6.07) is 0. The molecule has 0 aromatic rings. The second-order valence-electron chi connectivity index (χ2n) is 5.39. The molecule has 4 radical (unpaired) electrons. The molecule has 4 saturated carbocycles. The fraction of sp³-hybridized carbons (Fsp3) is 1.00. The van der Waals surface area contributed by atoms with Gasteiger partial charge in [0.2, 0.25) is 0 Å². The fourth-order valence-corrected chi connectivity index (χ4v) is 12.9. The Morgan fingerprint density at radius 3 is 1.43 bits per heavy atom. The van der Waals surface area contributed by atoms with E-state index in [1.165, 1.54) is 0 Å². The van der Waals surface area contributed by atoms with Crippen molar-refractivity contribution < 1.29 is 0 Å². The van der Waals surface area contributed by atoms with Crippen molar-refractivity contribution in [2.45, 2.75) is 39.0 Å². The number of hydrogen-bond acceptors (Lipinski definition) is 0. The molecular weight excluding hydrogens is 956 g/mol. The molecule has 4 fully saturated rings. The molecule has 4 aliphatic carbocycles. The molecule has 0 spiro atoms. The summed E-state index contributed by atoms with van der Waals surface area (Å²) < 4.78 is 2.49. The number of rotatable bonds is 0. The Hall–Kier alpha value is 3.58. The third kappa shape index (κ3) is 1.60. The van der Waals surface area contributed by atoms with Crippen LogP contribution in [0.25, 0.3) is 0 Å². The van der Waals surface area contributed by atoms with Gasteiger partial charge in [-0.1, -0.05) is 0 Å². The first-order valence-electron chi connectivity index (χ1n) is 5.18. The summed E-state index contributed by atoms with van der Waals surface area (Å²) >= 11 is 7.76. The van der Waals surface area contributed by atoms with Gasteiger partial charge >= 0.3 is 151 Å². The Morgan fingerprint density at radius 2 is 1.07 bits per heavy atom. The van der Waals surface area contributed by atoms with E-state index in [-0.39, 0.29) is 0 Å². The molecule has 4 rings (SSSR count). The van der Waals surface area contributed by atoms with Crippen LogP contribution in [0.3, 0.4) is 0 Å². The van der Waals surface area contributed by atoms with Gasteiger partial charge in [0.15, 0.2) is 0 Å². The predicted octanol–water partition coefficient (Wildman–Crippen LogP) is 1.32. The summed E-state index contributed by atoms with van der Waals surface area (Å²) in [5.74, 6) is 2.29. The molecule has 0 heterocycles. The molecule has 14 heavy (non-hydrogen) atoms. The summed E-state index contributed by atoms with van der Waals surface area (Å²) in [4.78, 5) is 0. The monoisotopic (exact) mass is 968 g/mol. The summed E-state index contributed by atoms with van der Waals surface area (Å²) in [5, 5.41) is 0. The van der Waals surface area contributed by atoms with E-state index < -0.39 is 0 Å². The first-order valence-corrected chi connectivity index (χ1v) is 11.5. The van der Waals surface area contributed by atoms with Gasteiger partial charge in [0.25, 0.3) is 0 Å². The van der Waals surface area contributed by atoms with Crippen LogP contribution in [-0.2, 0) is 0 Å². The molecule has 0 aromatic heterocycles. The van der Waals surface area contributed by atoms with E-state index >= 15 is 0 Å². The first kappa shape index (κ1) is 12.6. The molecule has 4 heteroatoms. The molecule has 0 atom stereocenters. The molecule has 0 aliphatic heterocycles. The number of hydrogen-bond donors (Lipinski definition) is 0. The van der Waals surface area contributed by atoms with Crippen molar-refractivity contribution in [2.24, 2.45) is 11.8 Å². The van der Waals surface area contributed by atoms with E-state index in [2.05, 4.69) is 0 Å². The second-order valence-corrected chi connectivity index (χ2v) is 21.0. The van der Waals surface area contributed by atoms with Crippen LogP contribution in [-0.4, -0.2) is 100 Å². The summed E-state index contributed by atoms with van der Waals surface area (Å²) in [6.45, 7) is 0. The quantitative estimate of drug-likeness (QED) is 0.345. The van der Waals surface area contributed by atoms with Crippen LogP contribution in [0.1, 0.15) is 32.1 Å². The van der Waals surface area contributed by atoms with E-state index in [1.807, 2.05) is 100 Å². The van der Waals surface area contributed by atoms with Gasteiger partial charge in [-0.15, -0.1) is 0 Å². The normalized spacial score (nSPS) is 59.1. The van der Waals surface area contributed by atoms with E-state index in [4.69, 9.17) is 0 Å². The van der Waals surface area contributed by atoms with Gasteiger partial charge in [-0.3, -0.25) is 0 Å². The molecule has 0 amide bonds. The van der Waals surface area contributed by atoms with Gasteiger partial charge in [-0.2, -0.15) is 0 Å². The first-order chi connectivity index (χ1) is 6.36. The Kier molecular flexibility index (Phi) is 3.42. The molecular formula is C10H12Po4. The molecule has 0 N–H and O–H groups in total. The zero-order valence-corrected chi connectivity index (χ0v) is 20.5. The molecule has 4 bridgehead atoms. The van der Waals surface area contributed by atoms with Gasteiger partial charge < -0.3 is 0 Å². The standard InChI is InChI=1S/C10H12.4Po/c1-7-2-9-4-8(1)5-10(3-7)6-9;;;;/h7-8H,1-5H2;;;;. The van der Waals surface area contributed by atoms with Crippen molar-refractivity contribution in [3.63, 3.8) is 0 Å². The van der Waals surface area contributed by atoms with E-state index in [0.29, 0.717) is 0 Å². The van der Waals surface area contributed by atoms with Crippen molar-refractivity contribution in [3.8, 4) is 0 Å². The molecule has 4 aliphatic rings. The van der Waals surface area contributed by atoms with Crippen molar-refractivity contribution in [3.05, 3.63) is 0 Å². The van der Waals surface area contributed by atoms with Gasteiger partial charge in [0.05, 0.1) is 0 Å². The summed E-state index contributed by atoms with van der Waals surface area (Å²) in [6.07, 6.45) is 8.05. The molecule has 0 unspecified atom stereocenters. The Bertz CT molecular complexity index is 248. The van der Waals surface area contributed by atoms with Gasteiger partial charge in [-0.25, -0.2) is 0 Å². The molecule has 0 saturated heterocycles. The summed E-state index contributed by atoms with van der Waals surface area (Å²) in [5.41, 5.74) is 0. The average molecular weight is 968 g/mol. The molecule has 76 valence electrons. The maximum absolute atomic E-state index is 1.94. The van der Waals surface area contributed by atoms with Crippen molar-refractivity contribution in [2.75, 3.05) is 0 Å².